The molecule has 654 valence electrons. The number of carbonyl (C=O) groups is 12. The molecule has 11 N–H and O–H groups in total. The number of aliphatic carboxylic acids is 4. The number of terminal acetylenes is 1. The third kappa shape index (κ3) is 43.8. The number of carboxylic acids is 4. The van der Waals surface area contributed by atoms with Crippen LogP contribution >= 0.6 is 0 Å². The number of carboxylic acid groups (broad SMARTS) is 4. The average Bonchev–Trinajstić information content (AvgIpc) is 0.898. The zero-order valence-corrected chi connectivity index (χ0v) is 69.1. The quantitative estimate of drug-likeness (QED) is 0.0133. The number of aliphatic hydroxyl groups is 2. The van der Waals surface area contributed by atoms with Crippen molar-refractivity contribution in [3.63, 3.8) is 0 Å². The molecule has 2 heterocycles. The maximum atomic E-state index is 11.6. The predicted octanol–water partition coefficient (Wildman–Crippen LogP) is 9.35. The van der Waals surface area contributed by atoms with Crippen LogP contribution in [0.5, 0.6) is 34.5 Å². The normalized spacial score (nSPS) is 22.8. The van der Waals surface area contributed by atoms with Crippen LogP contribution in [0.1, 0.15) is 228 Å². The fourth-order valence-corrected chi connectivity index (χ4v) is 14.0. The minimum Gasteiger partial charge on any atom is -0.870 e. The zero-order valence-electron chi connectivity index (χ0n) is 71.1. The summed E-state index contributed by atoms with van der Waals surface area (Å²) in [5, 5.41) is 88.0. The number of carbonyl (C=O) groups excluding carboxylic acids is 8. The van der Waals surface area contributed by atoms with Gasteiger partial charge in [0, 0.05) is 41.5 Å². The molecule has 3 aromatic rings. The summed E-state index contributed by atoms with van der Waals surface area (Å²) >= 11 is 0. The molecular weight excluding hydrogens is 1520 g/mol. The number of ether oxygens (including phenoxy) is 8. The number of benzene rings is 3. The molecule has 0 amide bonds. The molecule has 6 aliphatic carbocycles. The molecule has 2 saturated heterocycles. The van der Waals surface area contributed by atoms with E-state index in [-0.39, 0.29) is 154 Å². The average molecular weight is 1650 g/mol. The van der Waals surface area contributed by atoms with Gasteiger partial charge in [0.15, 0.2) is 18.9 Å². The summed E-state index contributed by atoms with van der Waals surface area (Å²) in [4.78, 5) is 131. The summed E-state index contributed by atoms with van der Waals surface area (Å²) in [6, 6.07) is 13.5. The van der Waals surface area contributed by atoms with Crippen LogP contribution in [0.4, 0.5) is 0 Å². The Morgan fingerprint density at radius 3 is 1.05 bits per heavy atom. The van der Waals surface area contributed by atoms with Crippen LogP contribution in [-0.4, -0.2) is 204 Å². The Morgan fingerprint density at radius 2 is 0.752 bits per heavy atom. The van der Waals surface area contributed by atoms with Crippen LogP contribution in [0.2, 0.25) is 0 Å². The van der Waals surface area contributed by atoms with Crippen molar-refractivity contribution in [3.05, 3.63) is 71.3 Å². The first-order valence-electron chi connectivity index (χ1n) is 40.3. The molecule has 2 bridgehead atoms. The molecule has 11 rings (SSSR count). The van der Waals surface area contributed by atoms with Crippen LogP contribution in [-0.2, 0) is 71.6 Å². The number of aldehydes is 3. The van der Waals surface area contributed by atoms with E-state index >= 15 is 0 Å². The van der Waals surface area contributed by atoms with Crippen LogP contribution in [0.3, 0.4) is 0 Å². The van der Waals surface area contributed by atoms with E-state index in [4.69, 9.17) is 67.3 Å². The first-order chi connectivity index (χ1) is 56.1. The molecule has 117 heavy (non-hydrogen) atoms. The van der Waals surface area contributed by atoms with Crippen LogP contribution < -0.4 is 28.3 Å². The number of phenols is 4. The maximum Gasteiger partial charge on any atom is 1.00 e. The predicted molar refractivity (Wildman–Crippen MR) is 424 cm³/mol. The number of methoxy groups -OCH3 is 3. The molecule has 8 fully saturated rings. The second kappa shape index (κ2) is 66.8. The molecule has 3 aromatic carbocycles. The number of cyclic esters (lactones) is 2. The van der Waals surface area contributed by atoms with Gasteiger partial charge in [-0.1, -0.05) is 70.5 Å². The Bertz CT molecular complexity index is 3390. The van der Waals surface area contributed by atoms with Gasteiger partial charge in [-0.15, -0.1) is 12.8 Å². The number of rotatable bonds is 19. The third-order valence-corrected chi connectivity index (χ3v) is 20.2. The molecular formula is C85H127LiO31. The van der Waals surface area contributed by atoms with E-state index in [1.54, 1.807) is 31.2 Å². The van der Waals surface area contributed by atoms with Crippen molar-refractivity contribution in [2.24, 2.45) is 71.0 Å². The molecule has 8 aliphatic rings. The van der Waals surface area contributed by atoms with Crippen molar-refractivity contribution in [1.29, 1.82) is 0 Å². The molecule has 4 unspecified atom stereocenters. The fourth-order valence-electron chi connectivity index (χ4n) is 14.0. The number of aromatic hydroxyl groups is 4. The molecule has 6 saturated carbocycles. The molecule has 0 spiro atoms. The minimum absolute atomic E-state index is 0. The molecule has 31 nitrogen and oxygen atoms in total. The Hall–Kier alpha value is -9.14. The number of phenolic OH excluding ortho intramolecular Hbond substituents is 4. The van der Waals surface area contributed by atoms with E-state index in [1.165, 1.54) is 70.9 Å². The molecule has 32 heteroatoms. The van der Waals surface area contributed by atoms with E-state index < -0.39 is 35.7 Å². The minimum atomic E-state index is -0.860. The smallest absolute Gasteiger partial charge is 0.870 e. The van der Waals surface area contributed by atoms with E-state index in [1.807, 2.05) is 13.8 Å². The van der Waals surface area contributed by atoms with E-state index in [2.05, 4.69) is 20.6 Å². The first kappa shape index (κ1) is 108. The van der Waals surface area contributed by atoms with E-state index in [0.717, 1.165) is 143 Å². The van der Waals surface area contributed by atoms with Gasteiger partial charge in [-0.2, -0.15) is 0 Å². The van der Waals surface area contributed by atoms with Crippen molar-refractivity contribution in [1.82, 2.24) is 0 Å². The van der Waals surface area contributed by atoms with Crippen molar-refractivity contribution in [2.75, 3.05) is 74.7 Å². The van der Waals surface area contributed by atoms with Gasteiger partial charge in [0.05, 0.1) is 104 Å². The fraction of sp³-hybridized carbons (Fsp3) is 0.624. The second-order valence-electron chi connectivity index (χ2n) is 27.9. The maximum absolute atomic E-state index is 11.6. The van der Waals surface area contributed by atoms with Crippen molar-refractivity contribution >= 4 is 72.6 Å². The van der Waals surface area contributed by atoms with Gasteiger partial charge in [-0.05, 0) is 196 Å². The number of hydrogen-bond acceptors (Lipinski definition) is 27. The monoisotopic (exact) mass is 1650 g/mol. The van der Waals surface area contributed by atoms with Gasteiger partial charge >= 0.3 is 72.6 Å². The summed E-state index contributed by atoms with van der Waals surface area (Å²) in [5.41, 5.74) is 0.235. The standard InChI is InChI=1S/C16H20O5.C15H18O5.C9H14O4.C9H16O3.C8H12O4.C8H10O3.C7H6O3.C4H8O.C4H10O.C2H6.C2H2.CH4O.Li.H2O/c1-20-16(19)12-5-2-4-11(8-12)10-21-15-7-3-6-14(18)13(15)9-17;16-8-12-13(17)5-2-6-14(12)20-9-10-3-1-4-11(7-10)15(18)19;1-13-9(12)7-4-2-3-6(5-7)8(10)11;1-12-9(11)8-4-2-3-7(5-8)6-10;9-7(10)5-2-1-3-6(4-5)8(11)12;9-7-5-2-1-3-6(4-5)8(10)11-7;8-4-5-6(9)2-1-3-7(5)10;1-2-4-5-3-1;1-3-5-4-2;3*1-2;;/h3,6-7,9,11-12,18H,2,4-5,8,10H2,1H3;2,5-6,8,10-11,17H,1,3-4,7,9H2,(H,18,19);6-7H,2-5H2,1H3,(H,10,11);7-8,10H,2-6H2,1H3;5-6H,1-4H2,(H,9,10)(H,11,12);5-6H,1-4H2;1-4,9-10H;1-4H2;3-4H2,1-2H3;1-2H3;1-2H;2H,1H3;;1H2/q;;;;;;;;;;;;+1;/p-1/t11-,12+;10-,11+;6-,7+;7-,8+;;;;;;;;;;/m0000........../s1/i;;;;;;;;;2*1D;;;. The number of fused-ring (bicyclic) bond motifs is 2. The summed E-state index contributed by atoms with van der Waals surface area (Å²) in [6.07, 6.45) is 28.8. The van der Waals surface area contributed by atoms with Crippen LogP contribution in [0.25, 0.3) is 0 Å². The summed E-state index contributed by atoms with van der Waals surface area (Å²) < 4.78 is 51.6. The third-order valence-electron chi connectivity index (χ3n) is 20.2. The van der Waals surface area contributed by atoms with E-state index in [0.29, 0.717) is 101 Å². The van der Waals surface area contributed by atoms with Crippen molar-refractivity contribution < 1.29 is 174 Å². The molecule has 2 aliphatic heterocycles. The molecule has 12 atom stereocenters. The van der Waals surface area contributed by atoms with Crippen molar-refractivity contribution in [3.8, 4) is 47.3 Å². The Morgan fingerprint density at radius 1 is 0.470 bits per heavy atom. The first-order valence-corrected chi connectivity index (χ1v) is 39.1. The van der Waals surface area contributed by atoms with Gasteiger partial charge in [-0.3, -0.25) is 57.5 Å². The Labute approximate surface area is 701 Å². The van der Waals surface area contributed by atoms with E-state index in [9.17, 15) is 67.7 Å². The zero-order chi connectivity index (χ0) is 88.2. The van der Waals surface area contributed by atoms with Gasteiger partial charge < -0.3 is 94.4 Å². The van der Waals surface area contributed by atoms with Crippen molar-refractivity contribution in [2.45, 2.75) is 195 Å². The topological polar surface area (TPSA) is 511 Å². The largest absolute Gasteiger partial charge is 1.00 e. The Kier molecular flexibility index (Phi) is 61.6. The summed E-state index contributed by atoms with van der Waals surface area (Å²) in [7, 11) is 5.17. The van der Waals surface area contributed by atoms with Gasteiger partial charge in [0.2, 0.25) is 0 Å². The summed E-state index contributed by atoms with van der Waals surface area (Å²) in [6.45, 7) is 11.0. The van der Waals surface area contributed by atoms with Crippen LogP contribution in [0.15, 0.2) is 54.6 Å². The van der Waals surface area contributed by atoms with Gasteiger partial charge in [-0.25, -0.2) is 0 Å². The van der Waals surface area contributed by atoms with Gasteiger partial charge in [0.25, 0.3) is 0 Å². The molecule has 0 radical (unpaired) electrons. The SMILES string of the molecule is C1CCOC1.CCOCC.CO.COC(=O)[C@@H]1CCC[C@H](C(=O)O)C1.COC(=O)[C@@H]1CCC[C@H](CO)C1.COC(=O)[C@@H]1CCC[C@H](COc2cccc(O)c2C=O)C1.O=C(O)C1CCCC(C(=O)O)C1.O=C1OC(=O)C2CCCC1C2.O=Cc1c(O)cccc1O.O=Cc1c(O)cccc1OC[C@H]1CCC[C@@H](C(=O)O)C1.[2H]C#C.[2H]CC.[Li+].[OH-]. The molecule has 0 aromatic heterocycles. The number of aliphatic hydroxyl groups excluding tert-OH is 2. The number of hydrogen-bond donors (Lipinski definition) is 10. The number of esters is 5. The van der Waals surface area contributed by atoms with Crippen LogP contribution in [0, 0.1) is 83.8 Å². The van der Waals surface area contributed by atoms with Gasteiger partial charge in [0.1, 0.15) is 35.9 Å². The summed E-state index contributed by atoms with van der Waals surface area (Å²) in [5.74, 6) is -5.30. The Balaban J connectivity index is -0.00000129. The second-order valence-corrected chi connectivity index (χ2v) is 27.9.